The van der Waals surface area contributed by atoms with E-state index in [-0.39, 0.29) is 28.7 Å². The zero-order valence-electron chi connectivity index (χ0n) is 23.1. The molecule has 1 atom stereocenters. The third-order valence-corrected chi connectivity index (χ3v) is 9.76. The van der Waals surface area contributed by atoms with Gasteiger partial charge in [-0.05, 0) is 86.7 Å². The Morgan fingerprint density at radius 3 is 2.58 bits per heavy atom. The fourth-order valence-electron chi connectivity index (χ4n) is 5.20. The van der Waals surface area contributed by atoms with Gasteiger partial charge < -0.3 is 15.5 Å². The van der Waals surface area contributed by atoms with Gasteiger partial charge in [-0.3, -0.25) is 9.59 Å². The summed E-state index contributed by atoms with van der Waals surface area (Å²) in [6.45, 7) is 5.43. The molecule has 2 aliphatic rings. The van der Waals surface area contributed by atoms with Crippen LogP contribution in [0.3, 0.4) is 0 Å². The Bertz CT molecular complexity index is 1440. The number of nitrogens with one attached hydrogen (secondary N) is 2. The second-order valence-corrected chi connectivity index (χ2v) is 13.9. The SMILES string of the molecule is CC1=C(N2CCC(CC(=O)NC(C)c3cccs3)CC2)C(NC(=O)c2cccc(Cl)c2)=CC(S(C)(=O)=O)=CCC1. The number of carbonyl (C=O) groups excluding carboxylic acids is 2. The van der Waals surface area contributed by atoms with Crippen molar-refractivity contribution in [3.63, 3.8) is 0 Å². The van der Waals surface area contributed by atoms with E-state index in [9.17, 15) is 18.0 Å². The Labute approximate surface area is 245 Å². The van der Waals surface area contributed by atoms with Crippen LogP contribution >= 0.6 is 22.9 Å². The molecule has 40 heavy (non-hydrogen) atoms. The van der Waals surface area contributed by atoms with Crippen LogP contribution in [0, 0.1) is 5.92 Å². The second kappa shape index (κ2) is 13.2. The smallest absolute Gasteiger partial charge is 0.255 e. The van der Waals surface area contributed by atoms with Gasteiger partial charge in [-0.2, -0.15) is 0 Å². The van der Waals surface area contributed by atoms with Crippen LogP contribution in [-0.2, 0) is 14.6 Å². The summed E-state index contributed by atoms with van der Waals surface area (Å²) in [6, 6.07) is 10.7. The number of allylic oxidation sites excluding steroid dienone is 3. The first-order chi connectivity index (χ1) is 19.0. The number of piperidine rings is 1. The van der Waals surface area contributed by atoms with Gasteiger partial charge in [0.25, 0.3) is 5.91 Å². The van der Waals surface area contributed by atoms with E-state index in [4.69, 9.17) is 11.6 Å². The molecule has 0 saturated carbocycles. The number of halogens is 1. The van der Waals surface area contributed by atoms with Crippen LogP contribution in [0.25, 0.3) is 0 Å². The van der Waals surface area contributed by atoms with E-state index < -0.39 is 9.84 Å². The molecule has 1 aliphatic carbocycles. The van der Waals surface area contributed by atoms with E-state index in [0.29, 0.717) is 48.6 Å². The number of nitrogens with zero attached hydrogens (tertiary/aromatic N) is 1. The van der Waals surface area contributed by atoms with Crippen molar-refractivity contribution < 1.29 is 18.0 Å². The van der Waals surface area contributed by atoms with Crippen LogP contribution in [-0.4, -0.2) is 44.5 Å². The van der Waals surface area contributed by atoms with Crippen molar-refractivity contribution in [2.45, 2.75) is 52.0 Å². The third-order valence-electron chi connectivity index (χ3n) is 7.33. The highest BCUT2D eigenvalue weighted by molar-refractivity contribution is 7.94. The maximum absolute atomic E-state index is 13.2. The van der Waals surface area contributed by atoms with Crippen LogP contribution in [0.5, 0.6) is 0 Å². The van der Waals surface area contributed by atoms with Gasteiger partial charge in [-0.25, -0.2) is 8.42 Å². The van der Waals surface area contributed by atoms with Crippen molar-refractivity contribution in [1.29, 1.82) is 0 Å². The molecule has 0 spiro atoms. The molecular weight excluding hydrogens is 566 g/mol. The lowest BCUT2D eigenvalue weighted by Crippen LogP contribution is -2.39. The van der Waals surface area contributed by atoms with Crippen molar-refractivity contribution in [3.05, 3.63) is 91.3 Å². The van der Waals surface area contributed by atoms with Gasteiger partial charge in [0, 0.05) is 41.2 Å². The average molecular weight is 602 g/mol. The first kappa shape index (κ1) is 30.1. The minimum Gasteiger partial charge on any atom is -0.370 e. The topological polar surface area (TPSA) is 95.6 Å². The van der Waals surface area contributed by atoms with E-state index in [1.54, 1.807) is 47.8 Å². The van der Waals surface area contributed by atoms with Gasteiger partial charge in [-0.15, -0.1) is 11.3 Å². The number of hydrogen-bond donors (Lipinski definition) is 2. The normalized spacial score (nSPS) is 17.9. The zero-order chi connectivity index (χ0) is 28.9. The summed E-state index contributed by atoms with van der Waals surface area (Å²) in [7, 11) is -3.50. The van der Waals surface area contributed by atoms with Crippen molar-refractivity contribution in [2.24, 2.45) is 5.92 Å². The molecule has 10 heteroatoms. The molecule has 2 aromatic rings. The van der Waals surface area contributed by atoms with E-state index >= 15 is 0 Å². The number of carbonyl (C=O) groups is 2. The van der Waals surface area contributed by atoms with Crippen LogP contribution in [0.1, 0.15) is 67.2 Å². The first-order valence-corrected chi connectivity index (χ1v) is 16.6. The molecule has 214 valence electrons. The number of thiophene rings is 1. The van der Waals surface area contributed by atoms with E-state index in [0.717, 1.165) is 29.0 Å². The highest BCUT2D eigenvalue weighted by Gasteiger charge is 2.28. The number of benzene rings is 1. The standard InChI is InChI=1S/C30H36ClN3O4S2/c1-20-7-4-10-25(40(3,37)38)19-26(33-30(36)23-8-5-9-24(31)18-23)29(20)34-14-12-22(13-15-34)17-28(35)32-21(2)27-11-6-16-39-27/h5-6,8-11,16,18-19,21-22H,4,7,12-15,17H2,1-3H3,(H,32,35)(H,33,36). The molecule has 1 aromatic carbocycles. The summed E-state index contributed by atoms with van der Waals surface area (Å²) in [4.78, 5) is 29.5. The molecule has 0 bridgehead atoms. The Hall–Kier alpha value is -2.88. The minimum atomic E-state index is -3.50. The molecular formula is C30H36ClN3O4S2. The van der Waals surface area contributed by atoms with Gasteiger partial charge in [-0.1, -0.05) is 29.8 Å². The van der Waals surface area contributed by atoms with E-state index in [1.165, 1.54) is 6.26 Å². The largest absolute Gasteiger partial charge is 0.370 e. The number of hydrogen-bond acceptors (Lipinski definition) is 6. The molecule has 2 N–H and O–H groups in total. The van der Waals surface area contributed by atoms with Gasteiger partial charge in [0.2, 0.25) is 5.91 Å². The monoisotopic (exact) mass is 601 g/mol. The van der Waals surface area contributed by atoms with Crippen molar-refractivity contribution in [1.82, 2.24) is 15.5 Å². The van der Waals surface area contributed by atoms with Gasteiger partial charge >= 0.3 is 0 Å². The molecule has 1 saturated heterocycles. The van der Waals surface area contributed by atoms with Crippen molar-refractivity contribution in [3.8, 4) is 0 Å². The predicted octanol–water partition coefficient (Wildman–Crippen LogP) is 5.99. The molecule has 1 unspecified atom stereocenters. The molecule has 1 aliphatic heterocycles. The van der Waals surface area contributed by atoms with Crippen LogP contribution in [0.2, 0.25) is 5.02 Å². The lowest BCUT2D eigenvalue weighted by Gasteiger charge is -2.37. The molecule has 7 nitrogen and oxygen atoms in total. The lowest BCUT2D eigenvalue weighted by atomic mass is 9.91. The first-order valence-electron chi connectivity index (χ1n) is 13.5. The van der Waals surface area contributed by atoms with E-state index in [2.05, 4.69) is 15.5 Å². The Kier molecular flexibility index (Phi) is 9.92. The maximum Gasteiger partial charge on any atom is 0.255 e. The molecule has 0 radical (unpaired) electrons. The summed E-state index contributed by atoms with van der Waals surface area (Å²) in [5.41, 5.74) is 2.76. The summed E-state index contributed by atoms with van der Waals surface area (Å²) < 4.78 is 25.1. The number of amides is 2. The fourth-order valence-corrected chi connectivity index (χ4v) is 6.88. The summed E-state index contributed by atoms with van der Waals surface area (Å²) in [6.07, 6.45) is 7.83. The third kappa shape index (κ3) is 7.86. The van der Waals surface area contributed by atoms with Crippen LogP contribution < -0.4 is 10.6 Å². The molecule has 1 fully saturated rings. The van der Waals surface area contributed by atoms with Crippen molar-refractivity contribution >= 4 is 44.6 Å². The highest BCUT2D eigenvalue weighted by Crippen LogP contribution is 2.31. The van der Waals surface area contributed by atoms with E-state index in [1.807, 2.05) is 31.4 Å². The molecule has 1 aromatic heterocycles. The predicted molar refractivity (Wildman–Crippen MR) is 162 cm³/mol. The number of likely N-dealkylation sites (tertiary alicyclic amines) is 1. The number of rotatable bonds is 8. The summed E-state index contributed by atoms with van der Waals surface area (Å²) in [5.74, 6) is -0.0573. The summed E-state index contributed by atoms with van der Waals surface area (Å²) >= 11 is 7.74. The lowest BCUT2D eigenvalue weighted by molar-refractivity contribution is -0.122. The zero-order valence-corrected chi connectivity index (χ0v) is 25.5. The average Bonchev–Trinajstić information content (AvgIpc) is 3.43. The van der Waals surface area contributed by atoms with Gasteiger partial charge in [0.15, 0.2) is 9.84 Å². The van der Waals surface area contributed by atoms with Crippen LogP contribution in [0.15, 0.2) is 75.8 Å². The molecule has 2 heterocycles. The number of sulfone groups is 1. The van der Waals surface area contributed by atoms with Crippen LogP contribution in [0.4, 0.5) is 0 Å². The minimum absolute atomic E-state index is 0.0109. The highest BCUT2D eigenvalue weighted by atomic mass is 35.5. The quantitative estimate of drug-likeness (QED) is 0.387. The summed E-state index contributed by atoms with van der Waals surface area (Å²) in [5, 5.41) is 8.55. The van der Waals surface area contributed by atoms with Crippen molar-refractivity contribution in [2.75, 3.05) is 19.3 Å². The maximum atomic E-state index is 13.2. The molecule has 4 rings (SSSR count). The van der Waals surface area contributed by atoms with Gasteiger partial charge in [0.1, 0.15) is 0 Å². The Morgan fingerprint density at radius 2 is 1.93 bits per heavy atom. The Morgan fingerprint density at radius 1 is 1.18 bits per heavy atom. The Balaban J connectivity index is 1.51. The molecule has 2 amide bonds. The van der Waals surface area contributed by atoms with Gasteiger partial charge in [0.05, 0.1) is 22.3 Å². The second-order valence-electron chi connectivity index (χ2n) is 10.5. The fraction of sp³-hybridized carbons (Fsp3) is 0.400.